The van der Waals surface area contributed by atoms with Crippen LogP contribution in [-0.2, 0) is 9.59 Å². The smallest absolute Gasteiger partial charge is 0.245 e. The largest absolute Gasteiger partial charge is 0.360 e. The van der Waals surface area contributed by atoms with Gasteiger partial charge in [-0.25, -0.2) is 0 Å². The molecule has 1 rings (SSSR count). The van der Waals surface area contributed by atoms with E-state index in [0.29, 0.717) is 18.0 Å². The van der Waals surface area contributed by atoms with Crippen molar-refractivity contribution in [1.82, 2.24) is 10.1 Å². The number of hydrogen-bond acceptors (Lipinski definition) is 5. The third-order valence-corrected chi connectivity index (χ3v) is 2.57. The van der Waals surface area contributed by atoms with Crippen LogP contribution in [-0.4, -0.2) is 41.5 Å². The molecule has 19 heavy (non-hydrogen) atoms. The minimum atomic E-state index is -0.558. The summed E-state index contributed by atoms with van der Waals surface area (Å²) in [5, 5.41) is 6.18. The van der Waals surface area contributed by atoms with Crippen LogP contribution in [0.4, 0.5) is 5.82 Å². The van der Waals surface area contributed by atoms with Crippen LogP contribution >= 0.6 is 0 Å². The van der Waals surface area contributed by atoms with Crippen LogP contribution in [0.1, 0.15) is 25.5 Å². The van der Waals surface area contributed by atoms with E-state index in [4.69, 9.17) is 10.3 Å². The summed E-state index contributed by atoms with van der Waals surface area (Å²) in [6, 6.07) is 1.04. The van der Waals surface area contributed by atoms with E-state index in [2.05, 4.69) is 10.5 Å². The Bertz CT molecular complexity index is 444. The Labute approximate surface area is 112 Å². The molecular weight excluding hydrogens is 248 g/mol. The monoisotopic (exact) mass is 268 g/mol. The normalized spacial score (nSPS) is 12.0. The first-order valence-electron chi connectivity index (χ1n) is 6.17. The number of hydrogen-bond donors (Lipinski definition) is 2. The van der Waals surface area contributed by atoms with Gasteiger partial charge in [-0.3, -0.25) is 9.59 Å². The molecule has 1 heterocycles. The second-order valence-electron chi connectivity index (χ2n) is 4.46. The topological polar surface area (TPSA) is 101 Å². The lowest BCUT2D eigenvalue weighted by Crippen LogP contribution is -2.44. The van der Waals surface area contributed by atoms with Crippen LogP contribution in [0, 0.1) is 6.92 Å². The fourth-order valence-electron chi connectivity index (χ4n) is 1.62. The molecule has 0 radical (unpaired) electrons. The van der Waals surface area contributed by atoms with Crippen LogP contribution < -0.4 is 11.1 Å². The van der Waals surface area contributed by atoms with Gasteiger partial charge >= 0.3 is 0 Å². The highest BCUT2D eigenvalue weighted by Crippen LogP contribution is 2.07. The predicted molar refractivity (Wildman–Crippen MR) is 70.4 cm³/mol. The van der Waals surface area contributed by atoms with Crippen molar-refractivity contribution in [2.45, 2.75) is 32.7 Å². The summed E-state index contributed by atoms with van der Waals surface area (Å²) < 4.78 is 4.82. The quantitative estimate of drug-likeness (QED) is 0.782. The van der Waals surface area contributed by atoms with Crippen LogP contribution in [0.15, 0.2) is 10.6 Å². The average molecular weight is 268 g/mol. The number of nitrogens with one attached hydrogen (secondary N) is 1. The lowest BCUT2D eigenvalue weighted by Gasteiger charge is -2.20. The van der Waals surface area contributed by atoms with Gasteiger partial charge in [0.1, 0.15) is 5.76 Å². The van der Waals surface area contributed by atoms with E-state index in [9.17, 15) is 9.59 Å². The maximum atomic E-state index is 11.8. The zero-order chi connectivity index (χ0) is 14.4. The molecule has 2 amide bonds. The number of aromatic nitrogens is 1. The molecule has 0 aliphatic heterocycles. The van der Waals surface area contributed by atoms with Crippen molar-refractivity contribution in [2.75, 3.05) is 18.9 Å². The first-order chi connectivity index (χ1) is 8.93. The van der Waals surface area contributed by atoms with E-state index >= 15 is 0 Å². The molecular formula is C12H20N4O3. The van der Waals surface area contributed by atoms with Crippen molar-refractivity contribution >= 4 is 17.6 Å². The molecule has 3 N–H and O–H groups in total. The molecule has 0 aliphatic rings. The van der Waals surface area contributed by atoms with Gasteiger partial charge < -0.3 is 20.5 Å². The molecule has 1 atom stereocenters. The number of nitrogens with two attached hydrogens (primary N) is 1. The molecule has 0 spiro atoms. The molecule has 0 saturated carbocycles. The highest BCUT2D eigenvalue weighted by molar-refractivity contribution is 5.94. The van der Waals surface area contributed by atoms with Gasteiger partial charge in [0.05, 0.1) is 12.6 Å². The number of carbonyl (C=O) groups excluding carboxylic acids is 2. The first kappa shape index (κ1) is 15.2. The third kappa shape index (κ3) is 4.70. The van der Waals surface area contributed by atoms with Crippen LogP contribution in [0.5, 0.6) is 0 Å². The van der Waals surface area contributed by atoms with Crippen molar-refractivity contribution in [1.29, 1.82) is 0 Å². The molecule has 1 aromatic heterocycles. The summed E-state index contributed by atoms with van der Waals surface area (Å²) in [4.78, 5) is 24.8. The number of likely N-dealkylation sites (N-methyl/N-ethyl adjacent to an activating group) is 1. The molecule has 1 unspecified atom stereocenters. The van der Waals surface area contributed by atoms with Gasteiger partial charge in [-0.15, -0.1) is 0 Å². The molecule has 106 valence electrons. The summed E-state index contributed by atoms with van der Waals surface area (Å²) in [6.45, 7) is 3.61. The first-order valence-corrected chi connectivity index (χ1v) is 6.17. The molecule has 0 saturated heterocycles. The van der Waals surface area contributed by atoms with E-state index in [0.717, 1.165) is 6.42 Å². The molecule has 7 nitrogen and oxygen atoms in total. The van der Waals surface area contributed by atoms with Gasteiger partial charge in [0, 0.05) is 13.1 Å². The zero-order valence-electron chi connectivity index (χ0n) is 11.5. The molecule has 0 bridgehead atoms. The summed E-state index contributed by atoms with van der Waals surface area (Å²) >= 11 is 0. The maximum absolute atomic E-state index is 11.8. The minimum absolute atomic E-state index is 0.0673. The summed E-state index contributed by atoms with van der Waals surface area (Å²) in [5.41, 5.74) is 5.71. The summed E-state index contributed by atoms with van der Waals surface area (Å²) in [6.07, 6.45) is 1.43. The number of nitrogens with zero attached hydrogens (tertiary/aromatic N) is 2. The summed E-state index contributed by atoms with van der Waals surface area (Å²) in [7, 11) is 1.55. The molecule has 1 aromatic rings. The Balaban J connectivity index is 2.45. The maximum Gasteiger partial charge on any atom is 0.245 e. The Morgan fingerprint density at radius 1 is 1.58 bits per heavy atom. The Morgan fingerprint density at radius 2 is 2.26 bits per heavy atom. The second kappa shape index (κ2) is 6.89. The highest BCUT2D eigenvalue weighted by atomic mass is 16.5. The van der Waals surface area contributed by atoms with E-state index in [1.54, 1.807) is 20.0 Å². The van der Waals surface area contributed by atoms with E-state index in [-0.39, 0.29) is 18.4 Å². The lowest BCUT2D eigenvalue weighted by molar-refractivity contribution is -0.134. The van der Waals surface area contributed by atoms with Crippen LogP contribution in [0.3, 0.4) is 0 Å². The standard InChI is InChI=1S/C12H20N4O3/c1-4-5-9(13)12(18)16(3)7-11(17)14-10-6-8(2)19-15-10/h6,9H,4-5,7,13H2,1-3H3,(H,14,15,17). The van der Waals surface area contributed by atoms with Crippen molar-refractivity contribution in [3.63, 3.8) is 0 Å². The predicted octanol–water partition coefficient (Wildman–Crippen LogP) is 0.507. The van der Waals surface area contributed by atoms with Crippen molar-refractivity contribution in [3.05, 3.63) is 11.8 Å². The van der Waals surface area contributed by atoms with Crippen molar-refractivity contribution < 1.29 is 14.1 Å². The number of amides is 2. The third-order valence-electron chi connectivity index (χ3n) is 2.57. The SMILES string of the molecule is CCCC(N)C(=O)N(C)CC(=O)Nc1cc(C)on1. The fraction of sp³-hybridized carbons (Fsp3) is 0.583. The van der Waals surface area contributed by atoms with E-state index < -0.39 is 6.04 Å². The molecule has 0 aromatic carbocycles. The average Bonchev–Trinajstić information content (AvgIpc) is 2.73. The van der Waals surface area contributed by atoms with Crippen LogP contribution in [0.2, 0.25) is 0 Å². The van der Waals surface area contributed by atoms with Crippen molar-refractivity contribution in [3.8, 4) is 0 Å². The molecule has 0 fully saturated rings. The van der Waals surface area contributed by atoms with Gasteiger partial charge in [-0.2, -0.15) is 0 Å². The highest BCUT2D eigenvalue weighted by Gasteiger charge is 2.19. The van der Waals surface area contributed by atoms with E-state index in [1.165, 1.54) is 4.90 Å². The van der Waals surface area contributed by atoms with Gasteiger partial charge in [-0.1, -0.05) is 18.5 Å². The number of aryl methyl sites for hydroxylation is 1. The summed E-state index contributed by atoms with van der Waals surface area (Å²) in [5.74, 6) is 0.354. The molecule has 7 heteroatoms. The lowest BCUT2D eigenvalue weighted by atomic mass is 10.1. The Kier molecular flexibility index (Phi) is 5.50. The number of rotatable bonds is 6. The van der Waals surface area contributed by atoms with Gasteiger partial charge in [0.25, 0.3) is 0 Å². The number of anilines is 1. The van der Waals surface area contributed by atoms with Gasteiger partial charge in [0.15, 0.2) is 5.82 Å². The zero-order valence-corrected chi connectivity index (χ0v) is 11.5. The fourth-order valence-corrected chi connectivity index (χ4v) is 1.62. The van der Waals surface area contributed by atoms with E-state index in [1.807, 2.05) is 6.92 Å². The van der Waals surface area contributed by atoms with Crippen molar-refractivity contribution in [2.24, 2.45) is 5.73 Å². The number of carbonyl (C=O) groups is 2. The van der Waals surface area contributed by atoms with Gasteiger partial charge in [0.2, 0.25) is 11.8 Å². The van der Waals surface area contributed by atoms with Crippen LogP contribution in [0.25, 0.3) is 0 Å². The van der Waals surface area contributed by atoms with Gasteiger partial charge in [-0.05, 0) is 13.3 Å². The second-order valence-corrected chi connectivity index (χ2v) is 4.46. The molecule has 0 aliphatic carbocycles. The Hall–Kier alpha value is -1.89. The minimum Gasteiger partial charge on any atom is -0.360 e. The Morgan fingerprint density at radius 3 is 2.79 bits per heavy atom.